The predicted molar refractivity (Wildman–Crippen MR) is 161 cm³/mol. The molecule has 2 heterocycles. The summed E-state index contributed by atoms with van der Waals surface area (Å²) in [5.74, 6) is 1.46. The van der Waals surface area contributed by atoms with E-state index in [1.807, 2.05) is 31.2 Å². The summed E-state index contributed by atoms with van der Waals surface area (Å²) >= 11 is 0. The van der Waals surface area contributed by atoms with Crippen LogP contribution in [0.25, 0.3) is 11.3 Å². The smallest absolute Gasteiger partial charge is 0.268 e. The fourth-order valence-corrected chi connectivity index (χ4v) is 8.49. The second-order valence-corrected chi connectivity index (χ2v) is 14.6. The fourth-order valence-electron chi connectivity index (χ4n) is 7.16. The first-order valence-electron chi connectivity index (χ1n) is 14.8. The third-order valence-corrected chi connectivity index (χ3v) is 11.0. The molecule has 2 aliphatic carbocycles. The van der Waals surface area contributed by atoms with E-state index in [9.17, 15) is 13.2 Å². The molecule has 1 spiro atoms. The summed E-state index contributed by atoms with van der Waals surface area (Å²) in [6, 6.07) is 14.5. The van der Waals surface area contributed by atoms with Gasteiger partial charge in [-0.05, 0) is 85.5 Å². The maximum Gasteiger partial charge on any atom is 0.268 e. The number of carbonyl (C=O) groups excluding carboxylic acids is 1. The molecule has 222 valence electrons. The van der Waals surface area contributed by atoms with E-state index in [1.54, 1.807) is 18.2 Å². The summed E-state index contributed by atoms with van der Waals surface area (Å²) in [5, 5.41) is 0. The maximum absolute atomic E-state index is 14.2. The molecule has 0 amide bonds. The summed E-state index contributed by atoms with van der Waals surface area (Å²) in [6.07, 6.45) is 6.70. The van der Waals surface area contributed by atoms with Crippen molar-refractivity contribution in [1.82, 2.24) is 9.97 Å². The average molecular weight is 590 g/mol. The summed E-state index contributed by atoms with van der Waals surface area (Å²) in [5.41, 5.74) is 3.88. The van der Waals surface area contributed by atoms with E-state index < -0.39 is 10.0 Å². The number of rotatable bonds is 7. The summed E-state index contributed by atoms with van der Waals surface area (Å²) in [4.78, 5) is 21.5. The lowest BCUT2D eigenvalue weighted by Gasteiger charge is -2.45. The van der Waals surface area contributed by atoms with Crippen LogP contribution in [0.4, 0.5) is 5.95 Å². The van der Waals surface area contributed by atoms with E-state index in [4.69, 9.17) is 9.47 Å². The van der Waals surface area contributed by atoms with Crippen molar-refractivity contribution < 1.29 is 22.7 Å². The molecule has 0 saturated heterocycles. The van der Waals surface area contributed by atoms with Gasteiger partial charge in [-0.1, -0.05) is 44.2 Å². The number of fused-ring (bicyclic) bond motifs is 4. The number of aromatic nitrogens is 2. The quantitative estimate of drug-likeness (QED) is 0.294. The van der Waals surface area contributed by atoms with Gasteiger partial charge < -0.3 is 9.47 Å². The molecular formula is C33H39N3O5S. The molecule has 3 aromatic rings. The zero-order valence-corrected chi connectivity index (χ0v) is 25.6. The van der Waals surface area contributed by atoms with E-state index in [1.165, 1.54) is 32.8 Å². The minimum atomic E-state index is -4.11. The Kier molecular flexibility index (Phi) is 7.60. The summed E-state index contributed by atoms with van der Waals surface area (Å²) < 4.78 is 41.4. The third-order valence-electron chi connectivity index (χ3n) is 9.26. The summed E-state index contributed by atoms with van der Waals surface area (Å²) in [7, 11) is -2.67. The molecule has 2 aromatic carbocycles. The number of hydrogen-bond donors (Lipinski definition) is 0. The van der Waals surface area contributed by atoms with Crippen LogP contribution in [0.1, 0.15) is 73.4 Å². The minimum absolute atomic E-state index is 0.0675. The zero-order valence-electron chi connectivity index (χ0n) is 24.7. The van der Waals surface area contributed by atoms with Crippen LogP contribution in [-0.4, -0.2) is 45.1 Å². The van der Waals surface area contributed by atoms with Gasteiger partial charge in [0.1, 0.15) is 6.73 Å². The Morgan fingerprint density at radius 1 is 1.12 bits per heavy atom. The van der Waals surface area contributed by atoms with Gasteiger partial charge in [-0.25, -0.2) is 17.7 Å². The monoisotopic (exact) mass is 589 g/mol. The molecule has 3 aliphatic rings. The van der Waals surface area contributed by atoms with Crippen molar-refractivity contribution in [2.24, 2.45) is 23.2 Å². The summed E-state index contributed by atoms with van der Waals surface area (Å²) in [6.45, 7) is 6.50. The van der Waals surface area contributed by atoms with Crippen molar-refractivity contribution in [2.45, 2.75) is 63.7 Å². The molecule has 2 saturated carbocycles. The van der Waals surface area contributed by atoms with Gasteiger partial charge in [0.25, 0.3) is 10.0 Å². The molecule has 1 aromatic heterocycles. The zero-order chi connectivity index (χ0) is 29.6. The van der Waals surface area contributed by atoms with E-state index in [0.29, 0.717) is 40.7 Å². The average Bonchev–Trinajstić information content (AvgIpc) is 3.75. The molecule has 2 atom stereocenters. The maximum atomic E-state index is 14.2. The second kappa shape index (κ2) is 11.1. The normalized spacial score (nSPS) is 22.5. The first kappa shape index (κ1) is 28.8. The van der Waals surface area contributed by atoms with Gasteiger partial charge in [0.15, 0.2) is 6.29 Å². The van der Waals surface area contributed by atoms with Crippen molar-refractivity contribution >= 4 is 22.3 Å². The highest BCUT2D eigenvalue weighted by Gasteiger charge is 2.55. The van der Waals surface area contributed by atoms with Gasteiger partial charge in [0.05, 0.1) is 17.2 Å². The molecule has 0 radical (unpaired) electrons. The molecule has 2 fully saturated rings. The Labute approximate surface area is 248 Å². The highest BCUT2D eigenvalue weighted by molar-refractivity contribution is 7.92. The fraction of sp³-hybridized carbons (Fsp3) is 0.485. The number of hydrogen-bond acceptors (Lipinski definition) is 7. The SMILES string of the molecule is COCN1c2nc(cc(-c3c(C)cccc3C=O)n2)OC[C@@H](CC(C)C)C(C2CC3(CC3)C2)c2cccc(c2)S1(=O)=O. The van der Waals surface area contributed by atoms with Crippen LogP contribution in [0, 0.1) is 30.1 Å². The number of carbonyl (C=O) groups is 1. The molecule has 9 heteroatoms. The molecular weight excluding hydrogens is 550 g/mol. The third kappa shape index (κ3) is 5.33. The van der Waals surface area contributed by atoms with Gasteiger partial charge in [-0.3, -0.25) is 4.79 Å². The number of anilines is 1. The number of aryl methyl sites for hydroxylation is 1. The predicted octanol–water partition coefficient (Wildman–Crippen LogP) is 6.39. The Morgan fingerprint density at radius 3 is 2.57 bits per heavy atom. The van der Waals surface area contributed by atoms with Crippen molar-refractivity contribution in [3.63, 3.8) is 0 Å². The lowest BCUT2D eigenvalue weighted by atomic mass is 9.60. The largest absolute Gasteiger partial charge is 0.477 e. The van der Waals surface area contributed by atoms with Crippen LogP contribution in [0.3, 0.4) is 0 Å². The van der Waals surface area contributed by atoms with Gasteiger partial charge in [-0.2, -0.15) is 4.98 Å². The Balaban J connectivity index is 1.53. The number of aldehydes is 1. The van der Waals surface area contributed by atoms with Gasteiger partial charge in [0, 0.05) is 30.2 Å². The Bertz CT molecular complexity index is 1590. The molecule has 8 nitrogen and oxygen atoms in total. The Morgan fingerprint density at radius 2 is 1.88 bits per heavy atom. The standard InChI is InChI=1S/C33H39N3O5S/c1-21(2)13-25-19-41-29-15-28(30-22(3)7-5-9-24(30)18-37)34-32(35-29)36(20-40-4)42(38,39)27-10-6-8-23(14-27)31(25)26-16-33(17-26)11-12-33/h5-10,14-15,18,21,25-26,31H,11-13,16-17,19-20H2,1-4H3/t25-,31?/m1/s1. The van der Waals surface area contributed by atoms with Crippen LogP contribution in [0.2, 0.25) is 0 Å². The number of nitrogens with zero attached hydrogens (tertiary/aromatic N) is 3. The molecule has 1 unspecified atom stereocenters. The van der Waals surface area contributed by atoms with Crippen LogP contribution in [0.15, 0.2) is 53.4 Å². The number of benzene rings is 2. The Hall–Kier alpha value is -3.30. The number of methoxy groups -OCH3 is 1. The van der Waals surface area contributed by atoms with Crippen molar-refractivity contribution in [2.75, 3.05) is 24.8 Å². The van der Waals surface area contributed by atoms with Crippen molar-refractivity contribution in [1.29, 1.82) is 0 Å². The molecule has 0 N–H and O–H groups in total. The van der Waals surface area contributed by atoms with Gasteiger partial charge >= 0.3 is 0 Å². The van der Waals surface area contributed by atoms with E-state index >= 15 is 0 Å². The number of ether oxygens (including phenoxy) is 2. The van der Waals surface area contributed by atoms with Crippen LogP contribution in [-0.2, 0) is 14.8 Å². The molecule has 6 rings (SSSR count). The topological polar surface area (TPSA) is 98.7 Å². The van der Waals surface area contributed by atoms with E-state index in [2.05, 4.69) is 29.9 Å². The van der Waals surface area contributed by atoms with E-state index in [0.717, 1.165) is 28.1 Å². The lowest BCUT2D eigenvalue weighted by Crippen LogP contribution is -2.37. The van der Waals surface area contributed by atoms with Crippen LogP contribution >= 0.6 is 0 Å². The van der Waals surface area contributed by atoms with Crippen molar-refractivity contribution in [3.05, 3.63) is 65.2 Å². The number of sulfonamides is 1. The van der Waals surface area contributed by atoms with Crippen LogP contribution < -0.4 is 9.04 Å². The molecule has 1 aliphatic heterocycles. The molecule has 42 heavy (non-hydrogen) atoms. The first-order chi connectivity index (χ1) is 20.1. The minimum Gasteiger partial charge on any atom is -0.477 e. The van der Waals surface area contributed by atoms with Crippen molar-refractivity contribution in [3.8, 4) is 17.1 Å². The highest BCUT2D eigenvalue weighted by atomic mass is 32.2. The first-order valence-corrected chi connectivity index (χ1v) is 16.3. The highest BCUT2D eigenvalue weighted by Crippen LogP contribution is 2.67. The molecule has 4 bridgehead atoms. The van der Waals surface area contributed by atoms with Gasteiger partial charge in [-0.15, -0.1) is 0 Å². The van der Waals surface area contributed by atoms with Gasteiger partial charge in [0.2, 0.25) is 11.8 Å². The second-order valence-electron chi connectivity index (χ2n) is 12.8. The van der Waals surface area contributed by atoms with Crippen LogP contribution in [0.5, 0.6) is 5.88 Å². The van der Waals surface area contributed by atoms with E-state index in [-0.39, 0.29) is 35.3 Å². The lowest BCUT2D eigenvalue weighted by molar-refractivity contribution is 0.0809.